The number of nitrogens with zero attached hydrogens (tertiary/aromatic N) is 4. The van der Waals surface area contributed by atoms with E-state index >= 15 is 0 Å². The Balaban J connectivity index is 1.65. The van der Waals surface area contributed by atoms with E-state index in [1.807, 2.05) is 0 Å². The second kappa shape index (κ2) is 6.30. The molecule has 0 spiro atoms. The lowest BCUT2D eigenvalue weighted by molar-refractivity contribution is 0.396. The number of halogens is 1. The predicted molar refractivity (Wildman–Crippen MR) is 87.2 cm³/mol. The average Bonchev–Trinajstić information content (AvgIpc) is 2.56. The molecule has 0 saturated carbocycles. The molecule has 2 heterocycles. The molecule has 0 aliphatic carbocycles. The van der Waals surface area contributed by atoms with Gasteiger partial charge in [-0.15, -0.1) is 0 Å². The van der Waals surface area contributed by atoms with Crippen molar-refractivity contribution in [3.8, 4) is 5.88 Å². The van der Waals surface area contributed by atoms with Gasteiger partial charge in [0.2, 0.25) is 11.8 Å². The van der Waals surface area contributed by atoms with Crippen molar-refractivity contribution in [3.05, 3.63) is 41.0 Å². The zero-order valence-electron chi connectivity index (χ0n) is 11.9. The Morgan fingerprint density at radius 1 is 1.00 bits per heavy atom. The minimum Gasteiger partial charge on any atom is -0.481 e. The highest BCUT2D eigenvalue weighted by molar-refractivity contribution is 9.10. The molecule has 1 aliphatic heterocycles. The maximum absolute atomic E-state index is 5.15. The van der Waals surface area contributed by atoms with Crippen LogP contribution in [0.4, 0.5) is 11.6 Å². The molecule has 110 valence electrons. The highest BCUT2D eigenvalue weighted by Gasteiger charge is 2.19. The summed E-state index contributed by atoms with van der Waals surface area (Å²) in [6.45, 7) is 3.73. The Bertz CT molecular complexity index is 597. The lowest BCUT2D eigenvalue weighted by Gasteiger charge is -2.36. The third-order valence-corrected chi connectivity index (χ3v) is 4.11. The van der Waals surface area contributed by atoms with Gasteiger partial charge in [-0.2, -0.15) is 4.98 Å². The number of piperazine rings is 1. The monoisotopic (exact) mass is 348 g/mol. The summed E-state index contributed by atoms with van der Waals surface area (Å²) in [5.74, 6) is 1.35. The lowest BCUT2D eigenvalue weighted by Crippen LogP contribution is -2.47. The van der Waals surface area contributed by atoms with Gasteiger partial charge in [0.05, 0.1) is 7.11 Å². The zero-order chi connectivity index (χ0) is 14.7. The quantitative estimate of drug-likeness (QED) is 0.852. The zero-order valence-corrected chi connectivity index (χ0v) is 13.5. The number of aromatic nitrogens is 2. The first-order chi connectivity index (χ1) is 10.3. The Hall–Kier alpha value is -1.82. The number of anilines is 2. The van der Waals surface area contributed by atoms with E-state index in [1.54, 1.807) is 19.4 Å². The van der Waals surface area contributed by atoms with Gasteiger partial charge in [-0.25, -0.2) is 4.98 Å². The van der Waals surface area contributed by atoms with E-state index in [-0.39, 0.29) is 0 Å². The highest BCUT2D eigenvalue weighted by atomic mass is 79.9. The van der Waals surface area contributed by atoms with Gasteiger partial charge in [0, 0.05) is 48.6 Å². The Morgan fingerprint density at radius 3 is 2.33 bits per heavy atom. The highest BCUT2D eigenvalue weighted by Crippen LogP contribution is 2.21. The molecule has 1 fully saturated rings. The van der Waals surface area contributed by atoms with Crippen LogP contribution in [0.25, 0.3) is 0 Å². The maximum Gasteiger partial charge on any atom is 0.228 e. The Morgan fingerprint density at radius 2 is 1.67 bits per heavy atom. The number of methoxy groups -OCH3 is 1. The first kappa shape index (κ1) is 14.1. The summed E-state index contributed by atoms with van der Waals surface area (Å²) in [6, 6.07) is 10.2. The molecule has 1 saturated heterocycles. The fourth-order valence-corrected chi connectivity index (χ4v) is 2.68. The van der Waals surface area contributed by atoms with E-state index in [9.17, 15) is 0 Å². The molecule has 0 amide bonds. The minimum absolute atomic E-state index is 0.607. The first-order valence-corrected chi connectivity index (χ1v) is 7.68. The van der Waals surface area contributed by atoms with Gasteiger partial charge >= 0.3 is 0 Å². The van der Waals surface area contributed by atoms with E-state index in [0.717, 1.165) is 36.6 Å². The molecule has 6 heteroatoms. The molecule has 0 N–H and O–H groups in total. The summed E-state index contributed by atoms with van der Waals surface area (Å²) in [5.41, 5.74) is 1.25. The Labute approximate surface area is 132 Å². The van der Waals surface area contributed by atoms with Crippen LogP contribution in [-0.2, 0) is 0 Å². The molecule has 0 unspecified atom stereocenters. The van der Waals surface area contributed by atoms with Gasteiger partial charge in [-0.05, 0) is 24.3 Å². The van der Waals surface area contributed by atoms with Crippen LogP contribution in [0, 0.1) is 0 Å². The van der Waals surface area contributed by atoms with Crippen molar-refractivity contribution in [1.82, 2.24) is 9.97 Å². The van der Waals surface area contributed by atoms with E-state index < -0.39 is 0 Å². The van der Waals surface area contributed by atoms with Crippen LogP contribution >= 0.6 is 15.9 Å². The molecule has 5 nitrogen and oxygen atoms in total. The molecule has 1 aliphatic rings. The number of hydrogen-bond donors (Lipinski definition) is 0. The topological polar surface area (TPSA) is 41.5 Å². The molecular formula is C15H17BrN4O. The lowest BCUT2D eigenvalue weighted by atomic mass is 10.2. The van der Waals surface area contributed by atoms with E-state index in [0.29, 0.717) is 5.88 Å². The summed E-state index contributed by atoms with van der Waals surface area (Å²) in [4.78, 5) is 13.3. The first-order valence-electron chi connectivity index (χ1n) is 6.89. The Kier molecular flexibility index (Phi) is 4.24. The van der Waals surface area contributed by atoms with E-state index in [2.05, 4.69) is 60.0 Å². The van der Waals surface area contributed by atoms with Crippen molar-refractivity contribution in [2.24, 2.45) is 0 Å². The molecule has 0 atom stereocenters. The van der Waals surface area contributed by atoms with E-state index in [4.69, 9.17) is 4.74 Å². The molecule has 0 bridgehead atoms. The van der Waals surface area contributed by atoms with Crippen molar-refractivity contribution >= 4 is 27.6 Å². The third-order valence-electron chi connectivity index (χ3n) is 3.58. The van der Waals surface area contributed by atoms with Gasteiger partial charge in [0.15, 0.2) is 0 Å². The van der Waals surface area contributed by atoms with Crippen LogP contribution in [0.15, 0.2) is 41.0 Å². The van der Waals surface area contributed by atoms with Gasteiger partial charge in [0.25, 0.3) is 0 Å². The number of hydrogen-bond acceptors (Lipinski definition) is 5. The molecule has 1 aromatic heterocycles. The SMILES string of the molecule is COc1ccnc(N2CCN(c3ccc(Br)cc3)CC2)n1. The second-order valence-corrected chi connectivity index (χ2v) is 5.77. The second-order valence-electron chi connectivity index (χ2n) is 4.85. The van der Waals surface area contributed by atoms with Crippen LogP contribution < -0.4 is 14.5 Å². The number of ether oxygens (including phenoxy) is 1. The van der Waals surface area contributed by atoms with Crippen LogP contribution in [0.2, 0.25) is 0 Å². The van der Waals surface area contributed by atoms with Crippen molar-refractivity contribution in [3.63, 3.8) is 0 Å². The number of rotatable bonds is 3. The van der Waals surface area contributed by atoms with Crippen LogP contribution in [0.1, 0.15) is 0 Å². The molecule has 3 rings (SSSR count). The number of benzene rings is 1. The minimum atomic E-state index is 0.607. The van der Waals surface area contributed by atoms with Crippen LogP contribution in [-0.4, -0.2) is 43.3 Å². The average molecular weight is 349 g/mol. The summed E-state index contributed by atoms with van der Waals surface area (Å²) in [6.07, 6.45) is 1.74. The summed E-state index contributed by atoms with van der Waals surface area (Å²) in [7, 11) is 1.62. The van der Waals surface area contributed by atoms with Crippen LogP contribution in [0.5, 0.6) is 5.88 Å². The van der Waals surface area contributed by atoms with Gasteiger partial charge in [-0.3, -0.25) is 0 Å². The molecule has 1 aromatic carbocycles. The fraction of sp³-hybridized carbons (Fsp3) is 0.333. The molecular weight excluding hydrogens is 332 g/mol. The normalized spacial score (nSPS) is 15.1. The maximum atomic E-state index is 5.15. The summed E-state index contributed by atoms with van der Waals surface area (Å²) < 4.78 is 6.26. The van der Waals surface area contributed by atoms with Crippen molar-refractivity contribution < 1.29 is 4.74 Å². The van der Waals surface area contributed by atoms with Crippen LogP contribution in [0.3, 0.4) is 0 Å². The van der Waals surface area contributed by atoms with Crippen molar-refractivity contribution in [2.75, 3.05) is 43.1 Å². The van der Waals surface area contributed by atoms with Gasteiger partial charge in [-0.1, -0.05) is 15.9 Å². The third kappa shape index (κ3) is 3.26. The summed E-state index contributed by atoms with van der Waals surface area (Å²) >= 11 is 3.47. The van der Waals surface area contributed by atoms with Crippen molar-refractivity contribution in [2.45, 2.75) is 0 Å². The standard InChI is InChI=1S/C15H17BrN4O/c1-21-14-6-7-17-15(18-14)20-10-8-19(9-11-20)13-4-2-12(16)3-5-13/h2-7H,8-11H2,1H3. The molecule has 2 aromatic rings. The fourth-order valence-electron chi connectivity index (χ4n) is 2.41. The largest absolute Gasteiger partial charge is 0.481 e. The predicted octanol–water partition coefficient (Wildman–Crippen LogP) is 2.57. The molecule has 21 heavy (non-hydrogen) atoms. The smallest absolute Gasteiger partial charge is 0.228 e. The van der Waals surface area contributed by atoms with Gasteiger partial charge in [0.1, 0.15) is 0 Å². The van der Waals surface area contributed by atoms with Gasteiger partial charge < -0.3 is 14.5 Å². The van der Waals surface area contributed by atoms with E-state index in [1.165, 1.54) is 5.69 Å². The molecule has 0 radical (unpaired) electrons. The van der Waals surface area contributed by atoms with Crippen molar-refractivity contribution in [1.29, 1.82) is 0 Å². The summed E-state index contributed by atoms with van der Waals surface area (Å²) in [5, 5.41) is 0.